The Bertz CT molecular complexity index is 1390. The molecule has 1 fully saturated rings. The van der Waals surface area contributed by atoms with Crippen LogP contribution < -0.4 is 8.92 Å². The fraction of sp³-hybridized carbons (Fsp3) is 0.120. The van der Waals surface area contributed by atoms with E-state index in [-0.39, 0.29) is 28.7 Å². The zero-order valence-corrected chi connectivity index (χ0v) is 20.9. The van der Waals surface area contributed by atoms with Gasteiger partial charge in [0.15, 0.2) is 0 Å². The highest BCUT2D eigenvalue weighted by Crippen LogP contribution is 2.34. The second kappa shape index (κ2) is 10.6. The maximum absolute atomic E-state index is 12.8. The number of imide groups is 1. The predicted octanol–water partition coefficient (Wildman–Crippen LogP) is 5.53. The van der Waals surface area contributed by atoms with Crippen molar-refractivity contribution < 1.29 is 26.9 Å². The van der Waals surface area contributed by atoms with Gasteiger partial charge in [0.2, 0.25) is 0 Å². The van der Waals surface area contributed by atoms with Crippen molar-refractivity contribution in [2.24, 2.45) is 0 Å². The van der Waals surface area contributed by atoms with Gasteiger partial charge in [-0.1, -0.05) is 47.5 Å². The fourth-order valence-corrected chi connectivity index (χ4v) is 5.10. The molecule has 0 N–H and O–H groups in total. The van der Waals surface area contributed by atoms with Crippen LogP contribution in [0.5, 0.6) is 11.5 Å². The van der Waals surface area contributed by atoms with Crippen LogP contribution in [0.2, 0.25) is 5.02 Å². The second-order valence-corrected chi connectivity index (χ2v) is 10.5. The number of para-hydroxylation sites is 1. The van der Waals surface area contributed by atoms with Crippen LogP contribution in [0.25, 0.3) is 6.08 Å². The summed E-state index contributed by atoms with van der Waals surface area (Å²) in [6.07, 6.45) is 1.45. The van der Waals surface area contributed by atoms with Crippen LogP contribution in [-0.2, 0) is 14.9 Å². The predicted molar refractivity (Wildman–Crippen MR) is 135 cm³/mol. The first-order valence-electron chi connectivity index (χ1n) is 10.5. The van der Waals surface area contributed by atoms with Gasteiger partial charge in [-0.15, -0.1) is 0 Å². The van der Waals surface area contributed by atoms with Crippen LogP contribution in [0.4, 0.5) is 4.79 Å². The van der Waals surface area contributed by atoms with Gasteiger partial charge in [-0.05, 0) is 67.2 Å². The molecule has 1 aliphatic rings. The Hall–Kier alpha value is -3.27. The van der Waals surface area contributed by atoms with E-state index in [9.17, 15) is 18.0 Å². The van der Waals surface area contributed by atoms with Crippen molar-refractivity contribution in [3.8, 4) is 11.5 Å². The maximum atomic E-state index is 12.8. The molecular weight excluding hydrogens is 510 g/mol. The number of thioether (sulfide) groups is 1. The molecule has 1 saturated heterocycles. The monoisotopic (exact) mass is 529 g/mol. The summed E-state index contributed by atoms with van der Waals surface area (Å²) in [5.41, 5.74) is 1.27. The quantitative estimate of drug-likeness (QED) is 0.280. The highest BCUT2D eigenvalue weighted by atomic mass is 35.5. The van der Waals surface area contributed by atoms with E-state index in [0.717, 1.165) is 22.2 Å². The molecule has 0 spiro atoms. The number of rotatable bonds is 8. The second-order valence-electron chi connectivity index (χ2n) is 7.52. The summed E-state index contributed by atoms with van der Waals surface area (Å²) in [5, 5.41) is 0.135. The molecule has 0 unspecified atom stereocenters. The molecule has 4 rings (SSSR count). The van der Waals surface area contributed by atoms with E-state index in [1.807, 2.05) is 6.92 Å². The van der Waals surface area contributed by atoms with E-state index in [1.54, 1.807) is 54.6 Å². The first kappa shape index (κ1) is 24.8. The van der Waals surface area contributed by atoms with Crippen molar-refractivity contribution in [1.29, 1.82) is 0 Å². The van der Waals surface area contributed by atoms with Gasteiger partial charge in [0.05, 0.1) is 11.4 Å². The topological polar surface area (TPSA) is 90.0 Å². The van der Waals surface area contributed by atoms with E-state index < -0.39 is 21.3 Å². The van der Waals surface area contributed by atoms with Crippen LogP contribution in [0, 0.1) is 6.92 Å². The minimum absolute atomic E-state index is 0.0129. The summed E-state index contributed by atoms with van der Waals surface area (Å²) >= 11 is 6.62. The zero-order valence-electron chi connectivity index (χ0n) is 18.5. The minimum Gasteiger partial charge on any atom is -0.492 e. The molecule has 3 aromatic rings. The summed E-state index contributed by atoms with van der Waals surface area (Å²) in [5.74, 6) is 0.125. The molecule has 3 aromatic carbocycles. The number of halogens is 1. The Kier molecular flexibility index (Phi) is 7.49. The molecular formula is C25H20ClNO6S2. The number of aryl methyl sites for hydroxylation is 1. The lowest BCUT2D eigenvalue weighted by Crippen LogP contribution is -2.32. The number of carbonyl (C=O) groups excluding carboxylic acids is 2. The van der Waals surface area contributed by atoms with Gasteiger partial charge in [-0.3, -0.25) is 14.5 Å². The van der Waals surface area contributed by atoms with Crippen molar-refractivity contribution in [3.05, 3.63) is 93.9 Å². The summed E-state index contributed by atoms with van der Waals surface area (Å²) in [6, 6.07) is 19.4. The highest BCUT2D eigenvalue weighted by molar-refractivity contribution is 8.18. The van der Waals surface area contributed by atoms with E-state index >= 15 is 0 Å². The molecule has 0 aliphatic carbocycles. The molecule has 35 heavy (non-hydrogen) atoms. The summed E-state index contributed by atoms with van der Waals surface area (Å²) in [4.78, 5) is 26.5. The van der Waals surface area contributed by atoms with Gasteiger partial charge in [0, 0.05) is 10.6 Å². The van der Waals surface area contributed by atoms with Crippen molar-refractivity contribution in [2.45, 2.75) is 11.8 Å². The Morgan fingerprint density at radius 2 is 1.66 bits per heavy atom. The van der Waals surface area contributed by atoms with Crippen LogP contribution in [0.15, 0.2) is 82.6 Å². The third kappa shape index (κ3) is 6.05. The Balaban J connectivity index is 1.47. The molecule has 0 saturated carbocycles. The normalized spacial score (nSPS) is 15.0. The standard InChI is InChI=1S/C25H20ClNO6S2/c1-17-6-12-21(13-7-17)35(30,31)33-22-5-3-2-4-18(22)16-23-24(28)27(25(29)34-23)14-15-32-20-10-8-19(26)9-11-20/h2-13,16H,14-15H2,1H3/b23-16-. The lowest BCUT2D eigenvalue weighted by Gasteiger charge is -2.13. The zero-order chi connectivity index (χ0) is 25.0. The van der Waals surface area contributed by atoms with E-state index in [4.69, 9.17) is 20.5 Å². The van der Waals surface area contributed by atoms with Gasteiger partial charge in [-0.25, -0.2) is 0 Å². The van der Waals surface area contributed by atoms with E-state index in [2.05, 4.69) is 0 Å². The van der Waals surface area contributed by atoms with Gasteiger partial charge in [0.1, 0.15) is 23.0 Å². The number of hydrogen-bond acceptors (Lipinski definition) is 7. The molecule has 0 aromatic heterocycles. The first-order valence-corrected chi connectivity index (χ1v) is 13.1. The van der Waals surface area contributed by atoms with Crippen molar-refractivity contribution in [1.82, 2.24) is 4.90 Å². The van der Waals surface area contributed by atoms with Crippen LogP contribution in [0.1, 0.15) is 11.1 Å². The number of benzene rings is 3. The molecule has 0 atom stereocenters. The van der Waals surface area contributed by atoms with Crippen molar-refractivity contribution >= 4 is 50.7 Å². The SMILES string of the molecule is Cc1ccc(S(=O)(=O)Oc2ccccc2/C=C2\SC(=O)N(CCOc3ccc(Cl)cc3)C2=O)cc1. The minimum atomic E-state index is -4.09. The Labute approximate surface area is 212 Å². The molecule has 0 bridgehead atoms. The van der Waals surface area contributed by atoms with E-state index in [0.29, 0.717) is 16.3 Å². The first-order chi connectivity index (χ1) is 16.7. The third-order valence-electron chi connectivity index (χ3n) is 4.99. The molecule has 1 heterocycles. The fourth-order valence-electron chi connectivity index (χ4n) is 3.17. The Morgan fingerprint density at radius 3 is 2.37 bits per heavy atom. The number of nitrogens with zero attached hydrogens (tertiary/aromatic N) is 1. The summed E-state index contributed by atoms with van der Waals surface area (Å²) in [6.45, 7) is 2.02. The number of hydrogen-bond donors (Lipinski definition) is 0. The average molecular weight is 530 g/mol. The molecule has 1 aliphatic heterocycles. The summed E-state index contributed by atoms with van der Waals surface area (Å²) in [7, 11) is -4.09. The number of ether oxygens (including phenoxy) is 1. The average Bonchev–Trinajstić information content (AvgIpc) is 3.09. The maximum Gasteiger partial charge on any atom is 0.339 e. The summed E-state index contributed by atoms with van der Waals surface area (Å²) < 4.78 is 36.4. The molecule has 7 nitrogen and oxygen atoms in total. The number of carbonyl (C=O) groups is 2. The highest BCUT2D eigenvalue weighted by Gasteiger charge is 2.35. The third-order valence-corrected chi connectivity index (χ3v) is 7.39. The molecule has 0 radical (unpaired) electrons. The van der Waals surface area contributed by atoms with Gasteiger partial charge < -0.3 is 8.92 Å². The lowest BCUT2D eigenvalue weighted by molar-refractivity contribution is -0.123. The van der Waals surface area contributed by atoms with Crippen LogP contribution >= 0.6 is 23.4 Å². The van der Waals surface area contributed by atoms with Crippen LogP contribution in [-0.4, -0.2) is 37.6 Å². The molecule has 10 heteroatoms. The van der Waals surface area contributed by atoms with Gasteiger partial charge in [0.25, 0.3) is 11.1 Å². The van der Waals surface area contributed by atoms with Gasteiger partial charge in [-0.2, -0.15) is 8.42 Å². The van der Waals surface area contributed by atoms with Crippen LogP contribution in [0.3, 0.4) is 0 Å². The molecule has 180 valence electrons. The van der Waals surface area contributed by atoms with E-state index in [1.165, 1.54) is 24.3 Å². The number of amides is 2. The van der Waals surface area contributed by atoms with Crippen molar-refractivity contribution in [2.75, 3.05) is 13.2 Å². The van der Waals surface area contributed by atoms with Crippen molar-refractivity contribution in [3.63, 3.8) is 0 Å². The molecule has 2 amide bonds. The lowest BCUT2D eigenvalue weighted by atomic mass is 10.2. The van der Waals surface area contributed by atoms with Gasteiger partial charge >= 0.3 is 10.1 Å². The largest absolute Gasteiger partial charge is 0.492 e. The smallest absolute Gasteiger partial charge is 0.339 e. The Morgan fingerprint density at radius 1 is 0.971 bits per heavy atom.